The van der Waals surface area contributed by atoms with E-state index in [0.29, 0.717) is 12.2 Å². The Labute approximate surface area is 158 Å². The van der Waals surface area contributed by atoms with Crippen molar-refractivity contribution in [2.24, 2.45) is 5.92 Å². The predicted molar refractivity (Wildman–Crippen MR) is 105 cm³/mol. The highest BCUT2D eigenvalue weighted by Gasteiger charge is 2.35. The van der Waals surface area contributed by atoms with Crippen LogP contribution in [0.2, 0.25) is 0 Å². The van der Waals surface area contributed by atoms with Crippen molar-refractivity contribution >= 4 is 28.9 Å². The summed E-state index contributed by atoms with van der Waals surface area (Å²) in [7, 11) is 0. The molecule has 2 aliphatic rings. The fourth-order valence-corrected chi connectivity index (χ4v) is 3.78. The van der Waals surface area contributed by atoms with Crippen LogP contribution in [0.3, 0.4) is 0 Å². The van der Waals surface area contributed by atoms with Gasteiger partial charge in [-0.15, -0.1) is 0 Å². The van der Waals surface area contributed by atoms with Gasteiger partial charge in [0.25, 0.3) is 0 Å². The molecule has 0 radical (unpaired) electrons. The van der Waals surface area contributed by atoms with E-state index in [9.17, 15) is 14.7 Å². The van der Waals surface area contributed by atoms with Gasteiger partial charge in [0, 0.05) is 49.2 Å². The second-order valence-corrected chi connectivity index (χ2v) is 7.16. The number of phenols is 1. The summed E-state index contributed by atoms with van der Waals surface area (Å²) in [6.07, 6.45) is 2.64. The van der Waals surface area contributed by atoms with E-state index in [-0.39, 0.29) is 24.0 Å². The number of aromatic hydroxyl groups is 1. The van der Waals surface area contributed by atoms with Crippen molar-refractivity contribution < 1.29 is 14.7 Å². The summed E-state index contributed by atoms with van der Waals surface area (Å²) in [5.41, 5.74) is 2.54. The highest BCUT2D eigenvalue weighted by atomic mass is 16.3. The smallest absolute Gasteiger partial charge is 0.229 e. The third-order valence-electron chi connectivity index (χ3n) is 5.24. The molecule has 0 aliphatic carbocycles. The van der Waals surface area contributed by atoms with Crippen molar-refractivity contribution in [1.29, 1.82) is 0 Å². The maximum absolute atomic E-state index is 12.5. The molecule has 2 fully saturated rings. The second kappa shape index (κ2) is 7.31. The van der Waals surface area contributed by atoms with E-state index in [0.717, 1.165) is 18.8 Å². The average molecular weight is 365 g/mol. The Morgan fingerprint density at radius 3 is 2.44 bits per heavy atom. The molecule has 2 amide bonds. The normalized spacial score (nSPS) is 19.6. The molecule has 2 aliphatic heterocycles. The maximum atomic E-state index is 12.5. The first kappa shape index (κ1) is 17.4. The average Bonchev–Trinajstić information content (AvgIpc) is 3.32. The number of carbonyl (C=O) groups is 2. The minimum atomic E-state index is -0.405. The Morgan fingerprint density at radius 1 is 1.04 bits per heavy atom. The zero-order valence-corrected chi connectivity index (χ0v) is 15.1. The van der Waals surface area contributed by atoms with Gasteiger partial charge >= 0.3 is 0 Å². The van der Waals surface area contributed by atoms with Crippen LogP contribution in [0.25, 0.3) is 0 Å². The van der Waals surface area contributed by atoms with Crippen molar-refractivity contribution in [3.05, 3.63) is 48.5 Å². The van der Waals surface area contributed by atoms with Gasteiger partial charge in [0.1, 0.15) is 5.75 Å². The van der Waals surface area contributed by atoms with Gasteiger partial charge in [-0.25, -0.2) is 0 Å². The third kappa shape index (κ3) is 3.74. The molecule has 6 nitrogen and oxygen atoms in total. The summed E-state index contributed by atoms with van der Waals surface area (Å²) >= 11 is 0. The fourth-order valence-electron chi connectivity index (χ4n) is 3.78. The Balaban J connectivity index is 1.41. The monoisotopic (exact) mass is 365 g/mol. The van der Waals surface area contributed by atoms with Crippen molar-refractivity contribution in [3.63, 3.8) is 0 Å². The Hall–Kier alpha value is -3.02. The first-order chi connectivity index (χ1) is 13.1. The quantitative estimate of drug-likeness (QED) is 0.874. The largest absolute Gasteiger partial charge is 0.508 e. The Morgan fingerprint density at radius 2 is 1.74 bits per heavy atom. The van der Waals surface area contributed by atoms with E-state index < -0.39 is 5.92 Å². The van der Waals surface area contributed by atoms with Crippen LogP contribution >= 0.6 is 0 Å². The van der Waals surface area contributed by atoms with Gasteiger partial charge in [-0.3, -0.25) is 9.59 Å². The molecule has 1 unspecified atom stereocenters. The van der Waals surface area contributed by atoms with Crippen LogP contribution in [0.4, 0.5) is 17.1 Å². The number of phenolic OH excluding ortho intramolecular Hbond substituents is 1. The van der Waals surface area contributed by atoms with Crippen molar-refractivity contribution in [3.8, 4) is 5.75 Å². The van der Waals surface area contributed by atoms with Gasteiger partial charge in [0.2, 0.25) is 11.8 Å². The predicted octanol–water partition coefficient (Wildman–Crippen LogP) is 2.98. The zero-order chi connectivity index (χ0) is 18.8. The number of hydrogen-bond donors (Lipinski definition) is 2. The summed E-state index contributed by atoms with van der Waals surface area (Å²) in [6, 6.07) is 14.4. The minimum Gasteiger partial charge on any atom is -0.508 e. The molecule has 27 heavy (non-hydrogen) atoms. The maximum Gasteiger partial charge on any atom is 0.229 e. The molecule has 0 bridgehead atoms. The summed E-state index contributed by atoms with van der Waals surface area (Å²) < 4.78 is 0. The van der Waals surface area contributed by atoms with Crippen molar-refractivity contribution in [1.82, 2.24) is 0 Å². The molecular weight excluding hydrogens is 342 g/mol. The fraction of sp³-hybridized carbons (Fsp3) is 0.333. The van der Waals surface area contributed by atoms with Gasteiger partial charge in [0.05, 0.1) is 5.92 Å². The molecule has 2 N–H and O–H groups in total. The van der Waals surface area contributed by atoms with E-state index in [4.69, 9.17) is 0 Å². The van der Waals surface area contributed by atoms with Crippen LogP contribution in [0.1, 0.15) is 19.3 Å². The van der Waals surface area contributed by atoms with Gasteiger partial charge in [0.15, 0.2) is 0 Å². The van der Waals surface area contributed by atoms with E-state index >= 15 is 0 Å². The first-order valence-corrected chi connectivity index (χ1v) is 9.35. The van der Waals surface area contributed by atoms with Crippen LogP contribution in [0, 0.1) is 5.92 Å². The standard InChI is InChI=1S/C21H23N3O3/c25-19-5-3-4-16(13-19)22-21(27)15-12-20(26)24(14-15)18-8-6-17(7-9-18)23-10-1-2-11-23/h3-9,13,15,25H,1-2,10-12,14H2,(H,22,27). The number of rotatable bonds is 4. The minimum absolute atomic E-state index is 0.0417. The second-order valence-electron chi connectivity index (χ2n) is 7.16. The number of carbonyl (C=O) groups excluding carboxylic acids is 2. The van der Waals surface area contributed by atoms with E-state index in [2.05, 4.69) is 10.2 Å². The third-order valence-corrected chi connectivity index (χ3v) is 5.24. The van der Waals surface area contributed by atoms with E-state index in [1.807, 2.05) is 24.3 Å². The van der Waals surface area contributed by atoms with Crippen LogP contribution < -0.4 is 15.1 Å². The summed E-state index contributed by atoms with van der Waals surface area (Å²) in [4.78, 5) is 29.0. The molecule has 140 valence electrons. The Kier molecular flexibility index (Phi) is 4.71. The van der Waals surface area contributed by atoms with Gasteiger partial charge in [-0.2, -0.15) is 0 Å². The van der Waals surface area contributed by atoms with Crippen LogP contribution in [0.15, 0.2) is 48.5 Å². The van der Waals surface area contributed by atoms with Gasteiger partial charge in [-0.05, 0) is 49.2 Å². The summed E-state index contributed by atoms with van der Waals surface area (Å²) in [5.74, 6) is -0.557. The SMILES string of the molecule is O=C(Nc1cccc(O)c1)C1CC(=O)N(c2ccc(N3CCCC3)cc2)C1. The van der Waals surface area contributed by atoms with Crippen molar-refractivity contribution in [2.75, 3.05) is 34.8 Å². The molecule has 4 rings (SSSR count). The zero-order valence-electron chi connectivity index (χ0n) is 15.1. The van der Waals surface area contributed by atoms with Crippen molar-refractivity contribution in [2.45, 2.75) is 19.3 Å². The van der Waals surface area contributed by atoms with Crippen LogP contribution in [-0.4, -0.2) is 36.6 Å². The first-order valence-electron chi connectivity index (χ1n) is 9.35. The molecular formula is C21H23N3O3. The molecule has 2 aromatic carbocycles. The molecule has 2 aromatic rings. The van der Waals surface area contributed by atoms with E-state index in [1.54, 1.807) is 23.1 Å². The molecule has 0 spiro atoms. The Bertz CT molecular complexity index is 844. The molecule has 0 saturated carbocycles. The lowest BCUT2D eigenvalue weighted by Gasteiger charge is -2.20. The van der Waals surface area contributed by atoms with Gasteiger partial charge < -0.3 is 20.2 Å². The highest BCUT2D eigenvalue weighted by Crippen LogP contribution is 2.29. The summed E-state index contributed by atoms with van der Waals surface area (Å²) in [6.45, 7) is 2.53. The molecule has 2 heterocycles. The van der Waals surface area contributed by atoms with Crippen LogP contribution in [-0.2, 0) is 9.59 Å². The lowest BCUT2D eigenvalue weighted by atomic mass is 10.1. The highest BCUT2D eigenvalue weighted by molar-refractivity contribution is 6.03. The van der Waals surface area contributed by atoms with Gasteiger partial charge in [-0.1, -0.05) is 6.07 Å². The molecule has 0 aromatic heterocycles. The molecule has 6 heteroatoms. The molecule has 1 atom stereocenters. The lowest BCUT2D eigenvalue weighted by molar-refractivity contribution is -0.122. The summed E-state index contributed by atoms with van der Waals surface area (Å²) in [5, 5.41) is 12.3. The molecule has 2 saturated heterocycles. The number of anilines is 3. The number of nitrogens with zero attached hydrogens (tertiary/aromatic N) is 2. The lowest BCUT2D eigenvalue weighted by Crippen LogP contribution is -2.28. The number of benzene rings is 2. The van der Waals surface area contributed by atoms with E-state index in [1.165, 1.54) is 24.6 Å². The topological polar surface area (TPSA) is 72.9 Å². The number of hydrogen-bond acceptors (Lipinski definition) is 4. The number of nitrogens with one attached hydrogen (secondary N) is 1. The number of amides is 2. The van der Waals surface area contributed by atoms with Crippen LogP contribution in [0.5, 0.6) is 5.75 Å².